The van der Waals surface area contributed by atoms with E-state index in [0.717, 1.165) is 43.8 Å². The van der Waals surface area contributed by atoms with Crippen LogP contribution in [-0.2, 0) is 0 Å². The minimum atomic E-state index is -0.261. The van der Waals surface area contributed by atoms with E-state index >= 15 is 0 Å². The molecule has 8 rings (SSSR count). The van der Waals surface area contributed by atoms with Gasteiger partial charge in [0.25, 0.3) is 0 Å². The number of carbonyl (C=O) groups excluding carboxylic acids is 3. The summed E-state index contributed by atoms with van der Waals surface area (Å²) in [4.78, 5) is 41.1. The van der Waals surface area contributed by atoms with Gasteiger partial charge in [0.05, 0.1) is 11.1 Å². The fourth-order valence-corrected chi connectivity index (χ4v) is 7.40. The second kappa shape index (κ2) is 10.2. The van der Waals surface area contributed by atoms with Crippen molar-refractivity contribution in [2.45, 2.75) is 26.7 Å². The van der Waals surface area contributed by atoms with Crippen molar-refractivity contribution < 1.29 is 19.5 Å². The number of carbonyl (C=O) groups is 3. The van der Waals surface area contributed by atoms with E-state index in [-0.39, 0.29) is 39.7 Å². The fourth-order valence-electron chi connectivity index (χ4n) is 7.40. The highest BCUT2D eigenvalue weighted by atomic mass is 16.3. The lowest BCUT2D eigenvalue weighted by Crippen LogP contribution is -2.18. The van der Waals surface area contributed by atoms with E-state index in [1.165, 1.54) is 0 Å². The second-order valence-corrected chi connectivity index (χ2v) is 13.3. The van der Waals surface area contributed by atoms with E-state index in [1.807, 2.05) is 103 Å². The number of Topliss-reactive ketones (excluding diaryl/α,β-unsaturated/α-hetero) is 3. The lowest BCUT2D eigenvalue weighted by atomic mass is 9.74. The Morgan fingerprint density at radius 3 is 1.89 bits per heavy atom. The molecule has 1 N–H and O–H groups in total. The van der Waals surface area contributed by atoms with Crippen molar-refractivity contribution in [3.05, 3.63) is 160 Å². The molecule has 0 atom stereocenters. The van der Waals surface area contributed by atoms with Gasteiger partial charge >= 0.3 is 0 Å². The Bertz CT molecular complexity index is 2270. The fraction of sp³-hybridized carbons (Fsp3) is 0.119. The summed E-state index contributed by atoms with van der Waals surface area (Å²) < 4.78 is 0. The summed E-state index contributed by atoms with van der Waals surface area (Å²) in [5.41, 5.74) is 5.56. The third-order valence-electron chi connectivity index (χ3n) is 9.35. The highest BCUT2D eigenvalue weighted by molar-refractivity contribution is 6.40. The highest BCUT2D eigenvalue weighted by Gasteiger charge is 2.36. The molecule has 0 bridgehead atoms. The summed E-state index contributed by atoms with van der Waals surface area (Å²) in [6.45, 7) is 4.26. The lowest BCUT2D eigenvalue weighted by molar-refractivity contribution is 0.0986. The average molecular weight is 599 g/mol. The number of hydrogen-bond donors (Lipinski definition) is 1. The van der Waals surface area contributed by atoms with E-state index in [4.69, 9.17) is 0 Å². The molecule has 0 unspecified atom stereocenters. The minimum Gasteiger partial charge on any atom is -0.507 e. The van der Waals surface area contributed by atoms with Crippen LogP contribution in [0.3, 0.4) is 0 Å². The molecular weight excluding hydrogens is 568 g/mol. The first-order valence-corrected chi connectivity index (χ1v) is 15.5. The number of allylic oxidation sites excluding steroid dienone is 7. The van der Waals surface area contributed by atoms with Crippen molar-refractivity contribution in [2.24, 2.45) is 5.41 Å². The van der Waals surface area contributed by atoms with E-state index in [1.54, 1.807) is 12.2 Å². The van der Waals surface area contributed by atoms with Crippen molar-refractivity contribution >= 4 is 44.7 Å². The number of ketones is 3. The molecule has 222 valence electrons. The zero-order chi connectivity index (χ0) is 31.7. The van der Waals surface area contributed by atoms with Crippen LogP contribution in [0.1, 0.15) is 63.3 Å². The standard InChI is InChI=1S/C42H30O4/c1-42(2)22-24(17-34-38(43)31-19-27-12-6-7-13-28(27)20-32(31)39(34)44)16-25(23-42)18-35-40(45)33-21-29-14-8-9-15-30(29)36(37(33)41(35)46)26-10-4-3-5-11-26/h3-21,45H,22-23H2,1-2H3/b25-18-. The molecule has 0 spiro atoms. The van der Waals surface area contributed by atoms with Crippen LogP contribution in [0.15, 0.2) is 138 Å². The second-order valence-electron chi connectivity index (χ2n) is 13.3. The van der Waals surface area contributed by atoms with Crippen LogP contribution in [0.5, 0.6) is 0 Å². The number of rotatable bonds is 3. The van der Waals surface area contributed by atoms with Crippen LogP contribution in [0.25, 0.3) is 38.4 Å². The van der Waals surface area contributed by atoms with Crippen LogP contribution >= 0.6 is 0 Å². The molecule has 5 aromatic rings. The SMILES string of the molecule is CC1(C)CC(C=C2C(=O)c3cc4ccccc4cc3C2=O)=C/C(=C/C2=C(O)c3cc4ccccc4c(-c4ccccc4)c3C2=O)C1. The first-order chi connectivity index (χ1) is 22.2. The van der Waals surface area contributed by atoms with Gasteiger partial charge in [0.15, 0.2) is 17.3 Å². The van der Waals surface area contributed by atoms with Gasteiger partial charge in [0.2, 0.25) is 0 Å². The largest absolute Gasteiger partial charge is 0.507 e. The number of aliphatic hydroxyl groups excluding tert-OH is 1. The first-order valence-electron chi connectivity index (χ1n) is 15.5. The Balaban J connectivity index is 1.21. The maximum Gasteiger partial charge on any atom is 0.198 e. The normalized spacial score (nSPS) is 18.0. The Labute approximate surface area is 266 Å². The van der Waals surface area contributed by atoms with Gasteiger partial charge < -0.3 is 5.11 Å². The maximum atomic E-state index is 14.2. The van der Waals surface area contributed by atoms with E-state index in [0.29, 0.717) is 35.1 Å². The molecular formula is C42H30O4. The molecule has 0 fully saturated rings. The Morgan fingerprint density at radius 2 is 1.22 bits per heavy atom. The predicted molar refractivity (Wildman–Crippen MR) is 183 cm³/mol. The number of hydrogen-bond acceptors (Lipinski definition) is 4. The van der Waals surface area contributed by atoms with Gasteiger partial charge in [0, 0.05) is 27.8 Å². The third kappa shape index (κ3) is 4.40. The van der Waals surface area contributed by atoms with Gasteiger partial charge in [-0.15, -0.1) is 0 Å². The van der Waals surface area contributed by atoms with E-state index < -0.39 is 0 Å². The monoisotopic (exact) mass is 598 g/mol. The molecule has 0 radical (unpaired) electrons. The van der Waals surface area contributed by atoms with Crippen molar-refractivity contribution in [1.82, 2.24) is 0 Å². The third-order valence-corrected chi connectivity index (χ3v) is 9.35. The number of benzene rings is 5. The average Bonchev–Trinajstić information content (AvgIpc) is 3.41. The van der Waals surface area contributed by atoms with Crippen LogP contribution in [0, 0.1) is 5.41 Å². The molecule has 0 saturated carbocycles. The quantitative estimate of drug-likeness (QED) is 0.166. The molecule has 3 aliphatic carbocycles. The summed E-state index contributed by atoms with van der Waals surface area (Å²) >= 11 is 0. The van der Waals surface area contributed by atoms with Gasteiger partial charge in [-0.2, -0.15) is 0 Å². The topological polar surface area (TPSA) is 71.4 Å². The smallest absolute Gasteiger partial charge is 0.198 e. The molecule has 4 heteroatoms. The summed E-state index contributed by atoms with van der Waals surface area (Å²) in [6.07, 6.45) is 6.81. The van der Waals surface area contributed by atoms with Gasteiger partial charge in [-0.05, 0) is 86.9 Å². The molecule has 0 amide bonds. The molecule has 4 nitrogen and oxygen atoms in total. The predicted octanol–water partition coefficient (Wildman–Crippen LogP) is 9.80. The minimum absolute atomic E-state index is 0.0317. The Morgan fingerprint density at radius 1 is 0.630 bits per heavy atom. The van der Waals surface area contributed by atoms with Crippen LogP contribution < -0.4 is 0 Å². The Hall–Kier alpha value is -5.61. The molecule has 3 aliphatic rings. The summed E-state index contributed by atoms with van der Waals surface area (Å²) in [6, 6.07) is 31.0. The number of fused-ring (bicyclic) bond motifs is 4. The van der Waals surface area contributed by atoms with Gasteiger partial charge in [-0.3, -0.25) is 14.4 Å². The van der Waals surface area contributed by atoms with Crippen molar-refractivity contribution in [1.29, 1.82) is 0 Å². The number of aliphatic hydroxyl groups is 1. The van der Waals surface area contributed by atoms with Crippen molar-refractivity contribution in [3.8, 4) is 11.1 Å². The zero-order valence-corrected chi connectivity index (χ0v) is 25.6. The molecule has 46 heavy (non-hydrogen) atoms. The van der Waals surface area contributed by atoms with Crippen molar-refractivity contribution in [3.63, 3.8) is 0 Å². The van der Waals surface area contributed by atoms with Gasteiger partial charge in [-0.25, -0.2) is 0 Å². The molecule has 5 aromatic carbocycles. The zero-order valence-electron chi connectivity index (χ0n) is 25.6. The lowest BCUT2D eigenvalue weighted by Gasteiger charge is -2.30. The first kappa shape index (κ1) is 27.9. The molecule has 0 saturated heterocycles. The molecule has 0 aliphatic heterocycles. The van der Waals surface area contributed by atoms with Gasteiger partial charge in [-0.1, -0.05) is 98.8 Å². The summed E-state index contributed by atoms with van der Waals surface area (Å²) in [5, 5.41) is 15.3. The summed E-state index contributed by atoms with van der Waals surface area (Å²) in [7, 11) is 0. The molecule has 0 heterocycles. The maximum absolute atomic E-state index is 14.2. The highest BCUT2D eigenvalue weighted by Crippen LogP contribution is 2.45. The Kier molecular flexibility index (Phi) is 6.20. The molecule has 0 aromatic heterocycles. The van der Waals surface area contributed by atoms with Crippen LogP contribution in [-0.4, -0.2) is 22.5 Å². The van der Waals surface area contributed by atoms with Crippen LogP contribution in [0.4, 0.5) is 0 Å². The van der Waals surface area contributed by atoms with Crippen LogP contribution in [0.2, 0.25) is 0 Å². The van der Waals surface area contributed by atoms with Gasteiger partial charge in [0.1, 0.15) is 5.76 Å². The van der Waals surface area contributed by atoms with E-state index in [2.05, 4.69) is 13.8 Å². The van der Waals surface area contributed by atoms with Crippen molar-refractivity contribution in [2.75, 3.05) is 0 Å². The van der Waals surface area contributed by atoms with E-state index in [9.17, 15) is 19.5 Å². The summed E-state index contributed by atoms with van der Waals surface area (Å²) in [5.74, 6) is -0.772.